The average molecular weight is 432 g/mol. The van der Waals surface area contributed by atoms with Crippen LogP contribution in [0.15, 0.2) is 47.4 Å². The zero-order valence-electron chi connectivity index (χ0n) is 16.6. The SMILES string of the molecule is O=C(Nc1ccc(S(=O)(=O)NCc2ccc3c(c2)OCO3)cc1)N1CCCCCC1. The maximum absolute atomic E-state index is 12.6. The highest BCUT2D eigenvalue weighted by molar-refractivity contribution is 7.89. The number of nitrogens with one attached hydrogen (secondary N) is 2. The normalized spacial score (nSPS) is 16.2. The van der Waals surface area contributed by atoms with Crippen molar-refractivity contribution in [3.8, 4) is 11.5 Å². The van der Waals surface area contributed by atoms with Gasteiger partial charge in [-0.25, -0.2) is 17.9 Å². The number of hydrogen-bond acceptors (Lipinski definition) is 5. The molecule has 30 heavy (non-hydrogen) atoms. The van der Waals surface area contributed by atoms with Crippen LogP contribution in [0.1, 0.15) is 31.2 Å². The molecular formula is C21H25N3O5S. The maximum Gasteiger partial charge on any atom is 0.321 e. The topological polar surface area (TPSA) is 97.0 Å². The van der Waals surface area contributed by atoms with Gasteiger partial charge < -0.3 is 19.7 Å². The Kier molecular flexibility index (Phi) is 6.10. The van der Waals surface area contributed by atoms with Gasteiger partial charge in [-0.05, 0) is 54.8 Å². The Hall–Kier alpha value is -2.78. The first kappa shape index (κ1) is 20.5. The zero-order valence-corrected chi connectivity index (χ0v) is 17.4. The number of rotatable bonds is 5. The van der Waals surface area contributed by atoms with E-state index in [2.05, 4.69) is 10.0 Å². The molecule has 2 N–H and O–H groups in total. The summed E-state index contributed by atoms with van der Waals surface area (Å²) in [5.74, 6) is 1.26. The molecule has 0 radical (unpaired) electrons. The van der Waals surface area contributed by atoms with E-state index >= 15 is 0 Å². The predicted octanol–water partition coefficient (Wildman–Crippen LogP) is 3.30. The second-order valence-corrected chi connectivity index (χ2v) is 9.13. The van der Waals surface area contributed by atoms with Gasteiger partial charge in [0.2, 0.25) is 16.8 Å². The summed E-state index contributed by atoms with van der Waals surface area (Å²) in [5, 5.41) is 2.85. The second kappa shape index (κ2) is 8.93. The zero-order chi connectivity index (χ0) is 21.0. The fraction of sp³-hybridized carbons (Fsp3) is 0.381. The first-order chi connectivity index (χ1) is 14.5. The Labute approximate surface area is 176 Å². The minimum atomic E-state index is -3.69. The van der Waals surface area contributed by atoms with Gasteiger partial charge in [-0.3, -0.25) is 0 Å². The molecule has 8 nitrogen and oxygen atoms in total. The fourth-order valence-electron chi connectivity index (χ4n) is 3.51. The molecule has 2 aromatic carbocycles. The molecule has 0 aromatic heterocycles. The third kappa shape index (κ3) is 4.85. The number of benzene rings is 2. The van der Waals surface area contributed by atoms with Crippen molar-refractivity contribution in [1.29, 1.82) is 0 Å². The summed E-state index contributed by atoms with van der Waals surface area (Å²) >= 11 is 0. The lowest BCUT2D eigenvalue weighted by atomic mass is 10.2. The predicted molar refractivity (Wildman–Crippen MR) is 112 cm³/mol. The monoisotopic (exact) mass is 431 g/mol. The van der Waals surface area contributed by atoms with Gasteiger partial charge in [-0.15, -0.1) is 0 Å². The molecule has 9 heteroatoms. The standard InChI is InChI=1S/C21H25N3O5S/c25-21(24-11-3-1-2-4-12-24)23-17-6-8-18(9-7-17)30(26,27)22-14-16-5-10-19-20(13-16)29-15-28-19/h5-10,13,22H,1-4,11-12,14-15H2,(H,23,25). The van der Waals surface area contributed by atoms with Crippen molar-refractivity contribution >= 4 is 21.7 Å². The number of fused-ring (bicyclic) bond motifs is 1. The number of carbonyl (C=O) groups is 1. The number of likely N-dealkylation sites (tertiary alicyclic amines) is 1. The van der Waals surface area contributed by atoms with Gasteiger partial charge in [-0.1, -0.05) is 18.9 Å². The molecule has 2 heterocycles. The van der Waals surface area contributed by atoms with Crippen molar-refractivity contribution in [3.63, 3.8) is 0 Å². The van der Waals surface area contributed by atoms with Crippen LogP contribution in [0.5, 0.6) is 11.5 Å². The third-order valence-electron chi connectivity index (χ3n) is 5.21. The van der Waals surface area contributed by atoms with Crippen LogP contribution in [0.25, 0.3) is 0 Å². The van der Waals surface area contributed by atoms with Crippen molar-refractivity contribution in [3.05, 3.63) is 48.0 Å². The van der Waals surface area contributed by atoms with Crippen molar-refractivity contribution in [1.82, 2.24) is 9.62 Å². The fourth-order valence-corrected chi connectivity index (χ4v) is 4.52. The van der Waals surface area contributed by atoms with Gasteiger partial charge in [0.15, 0.2) is 11.5 Å². The Balaban J connectivity index is 1.35. The Morgan fingerprint density at radius 3 is 2.37 bits per heavy atom. The summed E-state index contributed by atoms with van der Waals surface area (Å²) < 4.78 is 38.3. The molecule has 0 bridgehead atoms. The Morgan fingerprint density at radius 1 is 0.933 bits per heavy atom. The lowest BCUT2D eigenvalue weighted by Gasteiger charge is -2.20. The van der Waals surface area contributed by atoms with E-state index in [1.807, 2.05) is 4.90 Å². The summed E-state index contributed by atoms with van der Waals surface area (Å²) in [7, 11) is -3.69. The highest BCUT2D eigenvalue weighted by Gasteiger charge is 2.18. The molecule has 2 aliphatic heterocycles. The van der Waals surface area contributed by atoms with Crippen LogP contribution in [0, 0.1) is 0 Å². The number of sulfonamides is 1. The van der Waals surface area contributed by atoms with E-state index in [4.69, 9.17) is 9.47 Å². The van der Waals surface area contributed by atoms with Gasteiger partial charge in [0.05, 0.1) is 4.90 Å². The van der Waals surface area contributed by atoms with E-state index in [1.165, 1.54) is 12.1 Å². The number of ether oxygens (including phenoxy) is 2. The average Bonchev–Trinajstić information content (AvgIpc) is 3.04. The van der Waals surface area contributed by atoms with Gasteiger partial charge in [0, 0.05) is 25.3 Å². The van der Waals surface area contributed by atoms with Crippen molar-refractivity contribution < 1.29 is 22.7 Å². The second-order valence-electron chi connectivity index (χ2n) is 7.37. The summed E-state index contributed by atoms with van der Waals surface area (Å²) in [5.41, 5.74) is 1.34. The van der Waals surface area contributed by atoms with Crippen LogP contribution in [-0.2, 0) is 16.6 Å². The molecule has 0 saturated carbocycles. The number of nitrogens with zero attached hydrogens (tertiary/aromatic N) is 1. The Morgan fingerprint density at radius 2 is 1.63 bits per heavy atom. The molecule has 0 atom stereocenters. The minimum absolute atomic E-state index is 0.131. The molecule has 2 aromatic rings. The Bertz CT molecular complexity index is 1000. The van der Waals surface area contributed by atoms with E-state index in [-0.39, 0.29) is 24.3 Å². The van der Waals surface area contributed by atoms with Gasteiger partial charge >= 0.3 is 6.03 Å². The quantitative estimate of drug-likeness (QED) is 0.757. The summed E-state index contributed by atoms with van der Waals surface area (Å²) in [4.78, 5) is 14.4. The molecule has 4 rings (SSSR count). The highest BCUT2D eigenvalue weighted by atomic mass is 32.2. The maximum atomic E-state index is 12.6. The first-order valence-corrected chi connectivity index (χ1v) is 11.5. The molecule has 1 saturated heterocycles. The number of amides is 2. The van der Waals surface area contributed by atoms with Crippen molar-refractivity contribution in [2.75, 3.05) is 25.2 Å². The molecule has 160 valence electrons. The molecule has 0 aliphatic carbocycles. The minimum Gasteiger partial charge on any atom is -0.454 e. The number of hydrogen-bond donors (Lipinski definition) is 2. The van der Waals surface area contributed by atoms with Crippen LogP contribution in [0.3, 0.4) is 0 Å². The van der Waals surface area contributed by atoms with Crippen molar-refractivity contribution in [2.24, 2.45) is 0 Å². The van der Waals surface area contributed by atoms with E-state index in [0.717, 1.165) is 44.3 Å². The van der Waals surface area contributed by atoms with Crippen molar-refractivity contribution in [2.45, 2.75) is 37.1 Å². The van der Waals surface area contributed by atoms with Crippen LogP contribution in [-0.4, -0.2) is 39.2 Å². The molecular weight excluding hydrogens is 406 g/mol. The van der Waals surface area contributed by atoms with Crippen LogP contribution in [0.4, 0.5) is 10.5 Å². The molecule has 2 aliphatic rings. The molecule has 0 unspecified atom stereocenters. The lowest BCUT2D eigenvalue weighted by Crippen LogP contribution is -2.35. The molecule has 2 amide bonds. The number of carbonyl (C=O) groups excluding carboxylic acids is 1. The summed E-state index contributed by atoms with van der Waals surface area (Å²) in [6.07, 6.45) is 4.32. The van der Waals surface area contributed by atoms with Gasteiger partial charge in [0.1, 0.15) is 0 Å². The van der Waals surface area contributed by atoms with E-state index in [9.17, 15) is 13.2 Å². The number of anilines is 1. The molecule has 0 spiro atoms. The first-order valence-electron chi connectivity index (χ1n) is 10.1. The van der Waals surface area contributed by atoms with E-state index in [1.54, 1.807) is 30.3 Å². The lowest BCUT2D eigenvalue weighted by molar-refractivity contribution is 0.174. The molecule has 1 fully saturated rings. The largest absolute Gasteiger partial charge is 0.454 e. The summed E-state index contributed by atoms with van der Waals surface area (Å²) in [6.45, 7) is 1.81. The van der Waals surface area contributed by atoms with E-state index < -0.39 is 10.0 Å². The van der Waals surface area contributed by atoms with Gasteiger partial charge in [0.25, 0.3) is 0 Å². The smallest absolute Gasteiger partial charge is 0.321 e. The highest BCUT2D eigenvalue weighted by Crippen LogP contribution is 2.32. The number of urea groups is 1. The van der Waals surface area contributed by atoms with E-state index in [0.29, 0.717) is 17.2 Å². The van der Waals surface area contributed by atoms with Gasteiger partial charge in [-0.2, -0.15) is 0 Å². The van der Waals surface area contributed by atoms with Crippen LogP contribution in [0.2, 0.25) is 0 Å². The third-order valence-corrected chi connectivity index (χ3v) is 6.63. The summed E-state index contributed by atoms with van der Waals surface area (Å²) in [6, 6.07) is 11.3. The van der Waals surface area contributed by atoms with Crippen LogP contribution < -0.4 is 19.5 Å². The van der Waals surface area contributed by atoms with Crippen LogP contribution >= 0.6 is 0 Å².